The van der Waals surface area contributed by atoms with Gasteiger partial charge in [0.2, 0.25) is 5.91 Å². The number of amides is 1. The molecule has 2 unspecified atom stereocenters. The predicted octanol–water partition coefficient (Wildman–Crippen LogP) is 1.88. The zero-order valence-corrected chi connectivity index (χ0v) is 11.1. The lowest BCUT2D eigenvalue weighted by atomic mass is 9.98. The molecular weight excluding hydrogens is 200 g/mol. The molecule has 0 spiro atoms. The first kappa shape index (κ1) is 13.5. The Kier molecular flexibility index (Phi) is 5.26. The molecule has 1 aliphatic carbocycles. The van der Waals surface area contributed by atoms with Gasteiger partial charge >= 0.3 is 0 Å². The number of nitrogens with zero attached hydrogens (tertiary/aromatic N) is 1. The Morgan fingerprint density at radius 1 is 1.44 bits per heavy atom. The Hall–Kier alpha value is -0.570. The molecule has 3 heteroatoms. The van der Waals surface area contributed by atoms with Crippen LogP contribution >= 0.6 is 0 Å². The summed E-state index contributed by atoms with van der Waals surface area (Å²) in [6, 6.07) is 0.291. The quantitative estimate of drug-likeness (QED) is 0.776. The Labute approximate surface area is 99.6 Å². The Bertz CT molecular complexity index is 228. The van der Waals surface area contributed by atoms with Crippen LogP contribution in [0.2, 0.25) is 0 Å². The molecule has 3 nitrogen and oxygen atoms in total. The van der Waals surface area contributed by atoms with Crippen LogP contribution in [-0.2, 0) is 4.79 Å². The monoisotopic (exact) mass is 226 g/mol. The van der Waals surface area contributed by atoms with Crippen molar-refractivity contribution in [2.24, 2.45) is 11.8 Å². The van der Waals surface area contributed by atoms with Crippen molar-refractivity contribution in [1.29, 1.82) is 0 Å². The van der Waals surface area contributed by atoms with E-state index in [1.165, 1.54) is 19.3 Å². The molecule has 0 heterocycles. The molecule has 1 rings (SSSR count). The number of carbonyl (C=O) groups excluding carboxylic acids is 1. The van der Waals surface area contributed by atoms with E-state index in [1.807, 2.05) is 20.9 Å². The van der Waals surface area contributed by atoms with Crippen molar-refractivity contribution < 1.29 is 4.79 Å². The van der Waals surface area contributed by atoms with Crippen LogP contribution in [0.25, 0.3) is 0 Å². The van der Waals surface area contributed by atoms with Crippen LogP contribution < -0.4 is 5.32 Å². The second kappa shape index (κ2) is 6.24. The number of hydrogen-bond acceptors (Lipinski definition) is 2. The molecule has 1 amide bonds. The average Bonchev–Trinajstić information content (AvgIpc) is 2.63. The number of carbonyl (C=O) groups is 1. The predicted molar refractivity (Wildman–Crippen MR) is 67.3 cm³/mol. The van der Waals surface area contributed by atoms with E-state index < -0.39 is 0 Å². The molecule has 0 aromatic heterocycles. The molecule has 0 bridgehead atoms. The zero-order chi connectivity index (χ0) is 12.1. The Morgan fingerprint density at radius 2 is 2.12 bits per heavy atom. The lowest BCUT2D eigenvalue weighted by Gasteiger charge is -2.22. The third-order valence-corrected chi connectivity index (χ3v) is 3.89. The minimum absolute atomic E-state index is 0.195. The summed E-state index contributed by atoms with van der Waals surface area (Å²) in [5.74, 6) is 1.79. The molecule has 1 aliphatic rings. The van der Waals surface area contributed by atoms with Gasteiger partial charge < -0.3 is 10.2 Å². The van der Waals surface area contributed by atoms with Crippen molar-refractivity contribution >= 4 is 5.91 Å². The van der Waals surface area contributed by atoms with Gasteiger partial charge in [-0.1, -0.05) is 19.8 Å². The fourth-order valence-electron chi connectivity index (χ4n) is 2.30. The van der Waals surface area contributed by atoms with Crippen molar-refractivity contribution in [1.82, 2.24) is 10.2 Å². The van der Waals surface area contributed by atoms with E-state index in [0.29, 0.717) is 12.6 Å². The van der Waals surface area contributed by atoms with E-state index in [4.69, 9.17) is 0 Å². The van der Waals surface area contributed by atoms with Crippen molar-refractivity contribution in [3.8, 4) is 0 Å². The smallest absolute Gasteiger partial charge is 0.236 e. The fraction of sp³-hybridized carbons (Fsp3) is 0.923. The van der Waals surface area contributed by atoms with Crippen LogP contribution in [0.3, 0.4) is 0 Å². The first-order valence-corrected chi connectivity index (χ1v) is 6.48. The number of likely N-dealkylation sites (N-methyl/N-ethyl adjacent to an activating group) is 1. The van der Waals surface area contributed by atoms with Crippen molar-refractivity contribution in [3.05, 3.63) is 0 Å². The molecule has 0 saturated heterocycles. The van der Waals surface area contributed by atoms with E-state index in [1.54, 1.807) is 4.90 Å². The van der Waals surface area contributed by atoms with Crippen LogP contribution in [0, 0.1) is 11.8 Å². The first-order valence-electron chi connectivity index (χ1n) is 6.48. The van der Waals surface area contributed by atoms with Gasteiger partial charge in [-0.15, -0.1) is 0 Å². The number of hydrogen-bond donors (Lipinski definition) is 1. The minimum Gasteiger partial charge on any atom is -0.342 e. The van der Waals surface area contributed by atoms with Gasteiger partial charge in [0.15, 0.2) is 0 Å². The van der Waals surface area contributed by atoms with E-state index in [0.717, 1.165) is 18.4 Å². The molecule has 1 saturated carbocycles. The van der Waals surface area contributed by atoms with Gasteiger partial charge in [0, 0.05) is 13.1 Å². The topological polar surface area (TPSA) is 32.3 Å². The summed E-state index contributed by atoms with van der Waals surface area (Å²) >= 11 is 0. The average molecular weight is 226 g/mol. The zero-order valence-electron chi connectivity index (χ0n) is 11.1. The maximum atomic E-state index is 11.7. The number of rotatable bonds is 5. The summed E-state index contributed by atoms with van der Waals surface area (Å²) in [6.45, 7) is 7.88. The van der Waals surface area contributed by atoms with Crippen molar-refractivity contribution in [2.75, 3.05) is 20.1 Å². The summed E-state index contributed by atoms with van der Waals surface area (Å²) in [6.07, 6.45) is 4.03. The van der Waals surface area contributed by atoms with Crippen molar-refractivity contribution in [2.45, 2.75) is 46.1 Å². The molecule has 94 valence electrons. The van der Waals surface area contributed by atoms with E-state index in [9.17, 15) is 4.79 Å². The van der Waals surface area contributed by atoms with Gasteiger partial charge in [-0.25, -0.2) is 0 Å². The highest BCUT2D eigenvalue weighted by Crippen LogP contribution is 2.30. The molecule has 0 aromatic rings. The molecular formula is C13H26N2O. The van der Waals surface area contributed by atoms with Gasteiger partial charge in [-0.3, -0.25) is 4.79 Å². The second-order valence-corrected chi connectivity index (χ2v) is 5.40. The van der Waals surface area contributed by atoms with Gasteiger partial charge in [-0.2, -0.15) is 0 Å². The Balaban J connectivity index is 2.17. The first-order chi connectivity index (χ1) is 7.52. The van der Waals surface area contributed by atoms with Gasteiger partial charge in [0.05, 0.1) is 6.54 Å². The number of nitrogens with one attached hydrogen (secondary N) is 1. The summed E-state index contributed by atoms with van der Waals surface area (Å²) in [7, 11) is 1.87. The van der Waals surface area contributed by atoms with E-state index in [2.05, 4.69) is 12.2 Å². The second-order valence-electron chi connectivity index (χ2n) is 5.40. The standard InChI is InChI=1S/C13H26N2O/c1-10(2)15(4)13(16)9-14-8-12-7-5-6-11(12)3/h10-12,14H,5-9H2,1-4H3. The maximum Gasteiger partial charge on any atom is 0.236 e. The molecule has 1 N–H and O–H groups in total. The van der Waals surface area contributed by atoms with Crippen molar-refractivity contribution in [3.63, 3.8) is 0 Å². The van der Waals surface area contributed by atoms with Gasteiger partial charge in [-0.05, 0) is 38.6 Å². The third-order valence-electron chi connectivity index (χ3n) is 3.89. The molecule has 0 radical (unpaired) electrons. The van der Waals surface area contributed by atoms with E-state index in [-0.39, 0.29) is 5.91 Å². The van der Waals surface area contributed by atoms with Crippen LogP contribution in [0.5, 0.6) is 0 Å². The summed E-state index contributed by atoms with van der Waals surface area (Å²) in [5, 5.41) is 3.30. The van der Waals surface area contributed by atoms with Crippen LogP contribution in [0.15, 0.2) is 0 Å². The molecule has 0 aliphatic heterocycles. The van der Waals surface area contributed by atoms with E-state index >= 15 is 0 Å². The van der Waals surface area contributed by atoms with Crippen LogP contribution in [-0.4, -0.2) is 37.0 Å². The SMILES string of the molecule is CC1CCCC1CNCC(=O)N(C)C(C)C. The Morgan fingerprint density at radius 3 is 2.62 bits per heavy atom. The fourth-order valence-corrected chi connectivity index (χ4v) is 2.30. The largest absolute Gasteiger partial charge is 0.342 e. The summed E-state index contributed by atoms with van der Waals surface area (Å²) in [5.41, 5.74) is 0. The molecule has 16 heavy (non-hydrogen) atoms. The highest BCUT2D eigenvalue weighted by Gasteiger charge is 2.23. The van der Waals surface area contributed by atoms with Crippen LogP contribution in [0.4, 0.5) is 0 Å². The molecule has 2 atom stereocenters. The normalized spacial score (nSPS) is 25.1. The highest BCUT2D eigenvalue weighted by molar-refractivity contribution is 5.78. The summed E-state index contributed by atoms with van der Waals surface area (Å²) < 4.78 is 0. The van der Waals surface area contributed by atoms with Gasteiger partial charge in [0.1, 0.15) is 0 Å². The summed E-state index contributed by atoms with van der Waals surface area (Å²) in [4.78, 5) is 13.5. The molecule has 1 fully saturated rings. The highest BCUT2D eigenvalue weighted by atomic mass is 16.2. The minimum atomic E-state index is 0.195. The van der Waals surface area contributed by atoms with Gasteiger partial charge in [0.25, 0.3) is 0 Å². The lowest BCUT2D eigenvalue weighted by molar-refractivity contribution is -0.130. The lowest BCUT2D eigenvalue weighted by Crippen LogP contribution is -2.40. The third kappa shape index (κ3) is 3.78. The maximum absolute atomic E-state index is 11.7. The molecule has 0 aromatic carbocycles. The van der Waals surface area contributed by atoms with Crippen LogP contribution in [0.1, 0.15) is 40.0 Å².